The molecule has 1 aliphatic rings. The Morgan fingerprint density at radius 1 is 1.07 bits per heavy atom. The lowest BCUT2D eigenvalue weighted by Crippen LogP contribution is -2.39. The van der Waals surface area contributed by atoms with Crippen LogP contribution in [0.25, 0.3) is 21.5 Å². The van der Waals surface area contributed by atoms with E-state index in [0.717, 1.165) is 47.2 Å². The second-order valence-electron chi connectivity index (χ2n) is 7.43. The highest BCUT2D eigenvalue weighted by Gasteiger charge is 2.26. The highest BCUT2D eigenvalue weighted by Crippen LogP contribution is 2.30. The van der Waals surface area contributed by atoms with Crippen LogP contribution in [0.5, 0.6) is 0 Å². The molecule has 4 heterocycles. The summed E-state index contributed by atoms with van der Waals surface area (Å²) in [5, 5.41) is 3.07. The third-order valence-corrected chi connectivity index (χ3v) is 6.41. The van der Waals surface area contributed by atoms with E-state index in [1.165, 1.54) is 4.88 Å². The molecule has 1 saturated heterocycles. The Balaban J connectivity index is 1.37. The number of rotatable bonds is 3. The van der Waals surface area contributed by atoms with Crippen LogP contribution in [-0.2, 0) is 0 Å². The molecule has 3 aromatic heterocycles. The first kappa shape index (κ1) is 18.0. The van der Waals surface area contributed by atoms with Gasteiger partial charge in [0.15, 0.2) is 0 Å². The smallest absolute Gasteiger partial charge is 0.253 e. The van der Waals surface area contributed by atoms with E-state index in [-0.39, 0.29) is 11.8 Å². The van der Waals surface area contributed by atoms with Crippen LogP contribution in [0.2, 0.25) is 0 Å². The number of nitrogens with zero attached hydrogens (tertiary/aromatic N) is 3. The van der Waals surface area contributed by atoms with Crippen molar-refractivity contribution in [1.82, 2.24) is 14.9 Å². The molecule has 4 aromatic rings. The second kappa shape index (κ2) is 7.76. The van der Waals surface area contributed by atoms with Gasteiger partial charge >= 0.3 is 0 Å². The number of benzene rings is 1. The van der Waals surface area contributed by atoms with Crippen LogP contribution >= 0.6 is 11.3 Å². The van der Waals surface area contributed by atoms with E-state index in [2.05, 4.69) is 40.7 Å². The fourth-order valence-corrected chi connectivity index (χ4v) is 4.73. The number of piperidine rings is 1. The van der Waals surface area contributed by atoms with Gasteiger partial charge in [-0.05, 0) is 60.7 Å². The fourth-order valence-electron chi connectivity index (χ4n) is 4.03. The van der Waals surface area contributed by atoms with Crippen molar-refractivity contribution in [2.75, 3.05) is 13.1 Å². The van der Waals surface area contributed by atoms with Gasteiger partial charge in [-0.2, -0.15) is 0 Å². The normalized spacial score (nSPS) is 16.8. The number of carbonyl (C=O) groups is 1. The van der Waals surface area contributed by atoms with Crippen LogP contribution in [0, 0.1) is 0 Å². The van der Waals surface area contributed by atoms with Crippen LogP contribution < -0.4 is 0 Å². The molecule has 1 fully saturated rings. The molecule has 0 radical (unpaired) electrons. The first-order chi connectivity index (χ1) is 14.3. The Labute approximate surface area is 173 Å². The molecule has 1 aliphatic heterocycles. The van der Waals surface area contributed by atoms with Gasteiger partial charge in [-0.3, -0.25) is 14.8 Å². The molecule has 5 heteroatoms. The molecule has 4 nitrogen and oxygen atoms in total. The summed E-state index contributed by atoms with van der Waals surface area (Å²) in [4.78, 5) is 25.6. The number of pyridine rings is 2. The number of hydrogen-bond acceptors (Lipinski definition) is 4. The number of aromatic nitrogens is 2. The summed E-state index contributed by atoms with van der Waals surface area (Å²) in [5.41, 5.74) is 3.74. The number of amides is 1. The third kappa shape index (κ3) is 3.66. The lowest BCUT2D eigenvalue weighted by molar-refractivity contribution is 0.0706. The molecular formula is C24H21N3OS. The predicted molar refractivity (Wildman–Crippen MR) is 117 cm³/mol. The molecule has 1 atom stereocenters. The summed E-state index contributed by atoms with van der Waals surface area (Å²) in [6.07, 6.45) is 3.83. The Morgan fingerprint density at radius 2 is 2.03 bits per heavy atom. The van der Waals surface area contributed by atoms with Crippen LogP contribution in [0.4, 0.5) is 0 Å². The molecule has 144 valence electrons. The molecular weight excluding hydrogens is 378 g/mol. The zero-order valence-corrected chi connectivity index (χ0v) is 16.8. The minimum absolute atomic E-state index is 0.0925. The Hall–Kier alpha value is -3.05. The highest BCUT2D eigenvalue weighted by molar-refractivity contribution is 7.13. The molecule has 0 saturated carbocycles. The van der Waals surface area contributed by atoms with E-state index in [1.807, 2.05) is 35.2 Å². The SMILES string of the molecule is O=C(c1ccc2ncccc2c1)N1CCC[C@@H](c2cccc(-c3cccs3)n2)C1. The van der Waals surface area contributed by atoms with E-state index < -0.39 is 0 Å². The largest absolute Gasteiger partial charge is 0.338 e. The molecule has 0 spiro atoms. The lowest BCUT2D eigenvalue weighted by atomic mass is 9.93. The summed E-state index contributed by atoms with van der Waals surface area (Å²) < 4.78 is 0. The van der Waals surface area contributed by atoms with Crippen molar-refractivity contribution in [1.29, 1.82) is 0 Å². The van der Waals surface area contributed by atoms with Crippen LogP contribution in [0.3, 0.4) is 0 Å². The minimum atomic E-state index is 0.0925. The highest BCUT2D eigenvalue weighted by atomic mass is 32.1. The van der Waals surface area contributed by atoms with Gasteiger partial charge in [0.05, 0.1) is 16.1 Å². The fraction of sp³-hybridized carbons (Fsp3) is 0.208. The molecule has 1 amide bonds. The van der Waals surface area contributed by atoms with E-state index in [1.54, 1.807) is 17.5 Å². The quantitative estimate of drug-likeness (QED) is 0.465. The Kier molecular flexibility index (Phi) is 4.82. The van der Waals surface area contributed by atoms with Crippen molar-refractivity contribution < 1.29 is 4.79 Å². The van der Waals surface area contributed by atoms with Crippen molar-refractivity contribution in [3.8, 4) is 10.6 Å². The average Bonchev–Trinajstić information content (AvgIpc) is 3.33. The summed E-state index contributed by atoms with van der Waals surface area (Å²) in [5.74, 6) is 0.365. The van der Waals surface area contributed by atoms with Gasteiger partial charge in [-0.25, -0.2) is 0 Å². The summed E-state index contributed by atoms with van der Waals surface area (Å²) in [6, 6.07) is 20.0. The van der Waals surface area contributed by atoms with E-state index in [4.69, 9.17) is 4.98 Å². The first-order valence-corrected chi connectivity index (χ1v) is 10.8. The van der Waals surface area contributed by atoms with Crippen molar-refractivity contribution in [3.05, 3.63) is 83.5 Å². The van der Waals surface area contributed by atoms with E-state index >= 15 is 0 Å². The standard InChI is InChI=1S/C24H21N3OS/c28-24(18-10-11-20-17(15-18)5-2-12-25-20)27-13-3-6-19(16-27)21-7-1-8-22(26-21)23-9-4-14-29-23/h1-2,4-5,7-12,14-15,19H,3,6,13,16H2/t19-/m1/s1. The maximum absolute atomic E-state index is 13.2. The minimum Gasteiger partial charge on any atom is -0.338 e. The van der Waals surface area contributed by atoms with Crippen molar-refractivity contribution in [2.24, 2.45) is 0 Å². The molecule has 0 bridgehead atoms. The average molecular weight is 400 g/mol. The van der Waals surface area contributed by atoms with Crippen molar-refractivity contribution >= 4 is 28.1 Å². The molecule has 0 aliphatic carbocycles. The van der Waals surface area contributed by atoms with Gasteiger partial charge in [-0.1, -0.05) is 18.2 Å². The lowest BCUT2D eigenvalue weighted by Gasteiger charge is -2.32. The number of fused-ring (bicyclic) bond motifs is 1. The third-order valence-electron chi connectivity index (χ3n) is 5.52. The van der Waals surface area contributed by atoms with E-state index in [0.29, 0.717) is 6.54 Å². The zero-order chi connectivity index (χ0) is 19.6. The number of hydrogen-bond donors (Lipinski definition) is 0. The number of thiophene rings is 1. The van der Waals surface area contributed by atoms with Crippen LogP contribution in [-0.4, -0.2) is 33.9 Å². The van der Waals surface area contributed by atoms with Gasteiger partial charge < -0.3 is 4.90 Å². The summed E-state index contributed by atoms with van der Waals surface area (Å²) >= 11 is 1.70. The van der Waals surface area contributed by atoms with Crippen molar-refractivity contribution in [3.63, 3.8) is 0 Å². The zero-order valence-electron chi connectivity index (χ0n) is 16.0. The second-order valence-corrected chi connectivity index (χ2v) is 8.37. The monoisotopic (exact) mass is 399 g/mol. The summed E-state index contributed by atoms with van der Waals surface area (Å²) in [6.45, 7) is 1.51. The molecule has 5 rings (SSSR count). The summed E-state index contributed by atoms with van der Waals surface area (Å²) in [7, 11) is 0. The van der Waals surface area contributed by atoms with Crippen molar-refractivity contribution in [2.45, 2.75) is 18.8 Å². The Morgan fingerprint density at radius 3 is 2.93 bits per heavy atom. The maximum Gasteiger partial charge on any atom is 0.253 e. The first-order valence-electron chi connectivity index (χ1n) is 9.93. The van der Waals surface area contributed by atoms with Crippen LogP contribution in [0.15, 0.2) is 72.2 Å². The Bertz CT molecular complexity index is 1160. The molecule has 0 unspecified atom stereocenters. The maximum atomic E-state index is 13.2. The van der Waals surface area contributed by atoms with Crippen LogP contribution in [0.1, 0.15) is 34.8 Å². The molecule has 29 heavy (non-hydrogen) atoms. The molecule has 0 N–H and O–H groups in total. The van der Waals surface area contributed by atoms with Gasteiger partial charge in [0.2, 0.25) is 0 Å². The van der Waals surface area contributed by atoms with Gasteiger partial charge in [-0.15, -0.1) is 11.3 Å². The van der Waals surface area contributed by atoms with Gasteiger partial charge in [0.1, 0.15) is 0 Å². The predicted octanol–water partition coefficient (Wildman–Crippen LogP) is 5.38. The molecule has 1 aromatic carbocycles. The van der Waals surface area contributed by atoms with Gasteiger partial charge in [0.25, 0.3) is 5.91 Å². The number of likely N-dealkylation sites (tertiary alicyclic amines) is 1. The van der Waals surface area contributed by atoms with E-state index in [9.17, 15) is 4.79 Å². The van der Waals surface area contributed by atoms with Gasteiger partial charge in [0, 0.05) is 41.8 Å². The number of carbonyl (C=O) groups excluding carboxylic acids is 1. The topological polar surface area (TPSA) is 46.1 Å².